The number of hydrogen-bond donors (Lipinski definition) is 2. The molecule has 1 fully saturated rings. The fraction of sp³-hybridized carbons (Fsp3) is 0.457. The highest BCUT2D eigenvalue weighted by molar-refractivity contribution is 5.86. The summed E-state index contributed by atoms with van der Waals surface area (Å²) in [5.74, 6) is -1.47. The van der Waals surface area contributed by atoms with E-state index < -0.39 is 12.0 Å². The number of ether oxygens (including phenoxy) is 1. The van der Waals surface area contributed by atoms with Gasteiger partial charge in [0, 0.05) is 13.0 Å². The minimum atomic E-state index is -0.570. The van der Waals surface area contributed by atoms with Gasteiger partial charge in [-0.25, -0.2) is 0 Å². The number of aliphatic hydroxyl groups excluding tert-OH is 1. The molecule has 1 saturated heterocycles. The van der Waals surface area contributed by atoms with Gasteiger partial charge >= 0.3 is 5.97 Å². The van der Waals surface area contributed by atoms with Crippen molar-refractivity contribution in [2.24, 2.45) is 11.8 Å². The molecule has 7 heteroatoms. The van der Waals surface area contributed by atoms with Gasteiger partial charge in [-0.05, 0) is 62.5 Å². The van der Waals surface area contributed by atoms with Gasteiger partial charge in [0.25, 0.3) is 0 Å². The summed E-state index contributed by atoms with van der Waals surface area (Å²) < 4.78 is 5.83. The average molecular weight is 575 g/mol. The zero-order chi connectivity index (χ0) is 30.2. The topological polar surface area (TPSA) is 95.9 Å². The molecule has 1 aliphatic rings. The highest BCUT2D eigenvalue weighted by Crippen LogP contribution is 2.25. The zero-order valence-electron chi connectivity index (χ0n) is 24.7. The van der Waals surface area contributed by atoms with Crippen LogP contribution in [-0.4, -0.2) is 59.6 Å². The van der Waals surface area contributed by atoms with E-state index in [0.29, 0.717) is 32.2 Å². The molecule has 2 aromatic carbocycles. The van der Waals surface area contributed by atoms with Crippen LogP contribution in [0.15, 0.2) is 86.0 Å². The number of hydrogen-bond acceptors (Lipinski definition) is 5. The minimum Gasteiger partial charge on any atom is -0.463 e. The molecular formula is C35H46N2O5. The van der Waals surface area contributed by atoms with E-state index in [0.717, 1.165) is 36.8 Å². The molecule has 0 saturated carbocycles. The van der Waals surface area contributed by atoms with Gasteiger partial charge in [-0.1, -0.05) is 72.8 Å². The smallest absolute Gasteiger partial charge is 0.309 e. The third-order valence-electron chi connectivity index (χ3n) is 7.84. The summed E-state index contributed by atoms with van der Waals surface area (Å²) in [7, 11) is 0. The van der Waals surface area contributed by atoms with Crippen molar-refractivity contribution < 1.29 is 24.2 Å². The molecule has 1 heterocycles. The van der Waals surface area contributed by atoms with Gasteiger partial charge in [-0.2, -0.15) is 0 Å². The van der Waals surface area contributed by atoms with Crippen LogP contribution in [-0.2, 0) is 32.0 Å². The maximum Gasteiger partial charge on any atom is 0.309 e. The number of benzene rings is 2. The first-order valence-electron chi connectivity index (χ1n) is 15.1. The first-order valence-corrected chi connectivity index (χ1v) is 15.1. The van der Waals surface area contributed by atoms with Crippen molar-refractivity contribution in [1.82, 2.24) is 10.2 Å². The standard InChI is InChI=1S/C35H46N2O5/c1-3-5-8-19-30(22-27-15-9-6-10-16-27)35(41)42-26-32-20-13-21-37(32)34(40)29(14-4-2)24-33(39)36-31(25-38)23-28-17-11-7-12-18-28/h3-4,6-7,9-12,15-18,29-32,38H,1-2,5,8,13-14,19-26H2,(H,36,39)/t29-,30-,31+,32+/m1/s1. The van der Waals surface area contributed by atoms with Gasteiger partial charge in [0.05, 0.1) is 30.5 Å². The quantitative estimate of drug-likeness (QED) is 0.148. The third kappa shape index (κ3) is 10.6. The second kappa shape index (κ2) is 18.0. The molecule has 7 nitrogen and oxygen atoms in total. The molecule has 0 spiro atoms. The van der Waals surface area contributed by atoms with Gasteiger partial charge in [-0.15, -0.1) is 13.2 Å². The van der Waals surface area contributed by atoms with E-state index in [9.17, 15) is 19.5 Å². The number of unbranched alkanes of at least 4 members (excludes halogenated alkanes) is 1. The van der Waals surface area contributed by atoms with Crippen LogP contribution in [0.4, 0.5) is 0 Å². The molecule has 2 amide bonds. The van der Waals surface area contributed by atoms with Crippen molar-refractivity contribution in [1.29, 1.82) is 0 Å². The van der Waals surface area contributed by atoms with E-state index in [1.165, 1.54) is 0 Å². The van der Waals surface area contributed by atoms with Crippen molar-refractivity contribution in [3.63, 3.8) is 0 Å². The number of carbonyl (C=O) groups excluding carboxylic acids is 3. The van der Waals surface area contributed by atoms with Crippen LogP contribution in [0, 0.1) is 11.8 Å². The second-order valence-corrected chi connectivity index (χ2v) is 11.1. The van der Waals surface area contributed by atoms with Crippen LogP contribution in [0.1, 0.15) is 56.1 Å². The first kappa shape index (κ1) is 32.8. The largest absolute Gasteiger partial charge is 0.463 e. The molecule has 0 radical (unpaired) electrons. The molecule has 0 unspecified atom stereocenters. The summed E-state index contributed by atoms with van der Waals surface area (Å²) in [4.78, 5) is 41.5. The summed E-state index contributed by atoms with van der Waals surface area (Å²) in [6.07, 6.45) is 8.97. The van der Waals surface area contributed by atoms with Crippen LogP contribution in [0.25, 0.3) is 0 Å². The van der Waals surface area contributed by atoms with Crippen LogP contribution in [0.3, 0.4) is 0 Å². The summed E-state index contributed by atoms with van der Waals surface area (Å²) in [6, 6.07) is 18.9. The van der Waals surface area contributed by atoms with E-state index >= 15 is 0 Å². The van der Waals surface area contributed by atoms with E-state index in [4.69, 9.17) is 4.74 Å². The Morgan fingerprint density at radius 3 is 2.26 bits per heavy atom. The Labute approximate surface area is 250 Å². The molecular weight excluding hydrogens is 528 g/mol. The SMILES string of the molecule is C=CCCC[C@H](Cc1ccccc1)C(=O)OC[C@@H]1CCCN1C(=O)[C@H](CC=C)CC(=O)N[C@H](CO)Cc1ccccc1. The molecule has 42 heavy (non-hydrogen) atoms. The predicted molar refractivity (Wildman–Crippen MR) is 165 cm³/mol. The van der Waals surface area contributed by atoms with E-state index in [1.807, 2.05) is 66.7 Å². The molecule has 2 aromatic rings. The summed E-state index contributed by atoms with van der Waals surface area (Å²) in [5, 5.41) is 12.7. The van der Waals surface area contributed by atoms with Gasteiger partial charge in [0.1, 0.15) is 6.61 Å². The number of allylic oxidation sites excluding steroid dienone is 2. The fourth-order valence-corrected chi connectivity index (χ4v) is 5.58. The lowest BCUT2D eigenvalue weighted by atomic mass is 9.94. The molecule has 3 rings (SSSR count). The monoisotopic (exact) mass is 574 g/mol. The second-order valence-electron chi connectivity index (χ2n) is 11.1. The zero-order valence-corrected chi connectivity index (χ0v) is 24.7. The van der Waals surface area contributed by atoms with Crippen LogP contribution < -0.4 is 5.32 Å². The van der Waals surface area contributed by atoms with Crippen molar-refractivity contribution in [2.45, 2.75) is 69.9 Å². The van der Waals surface area contributed by atoms with E-state index in [1.54, 1.807) is 11.0 Å². The Hall–Kier alpha value is -3.71. The number of esters is 1. The summed E-state index contributed by atoms with van der Waals surface area (Å²) >= 11 is 0. The Balaban J connectivity index is 1.57. The summed E-state index contributed by atoms with van der Waals surface area (Å²) in [6.45, 7) is 8.10. The van der Waals surface area contributed by atoms with Gasteiger partial charge < -0.3 is 20.1 Å². The lowest BCUT2D eigenvalue weighted by Crippen LogP contribution is -2.45. The highest BCUT2D eigenvalue weighted by Gasteiger charge is 2.35. The molecule has 0 aliphatic carbocycles. The van der Waals surface area contributed by atoms with Crippen molar-refractivity contribution in [3.05, 3.63) is 97.1 Å². The van der Waals surface area contributed by atoms with E-state index in [-0.39, 0.29) is 49.4 Å². The molecule has 2 N–H and O–H groups in total. The molecule has 0 aromatic heterocycles. The number of aliphatic hydroxyl groups is 1. The van der Waals surface area contributed by atoms with Gasteiger partial charge in [0.15, 0.2) is 0 Å². The normalized spacial score (nSPS) is 16.7. The Bertz CT molecular complexity index is 1140. The number of rotatable bonds is 18. The lowest BCUT2D eigenvalue weighted by Gasteiger charge is -2.29. The van der Waals surface area contributed by atoms with Crippen LogP contribution in [0.5, 0.6) is 0 Å². The molecule has 0 bridgehead atoms. The van der Waals surface area contributed by atoms with Crippen LogP contribution in [0.2, 0.25) is 0 Å². The predicted octanol–water partition coefficient (Wildman–Crippen LogP) is 5.04. The number of nitrogens with one attached hydrogen (secondary N) is 1. The molecule has 226 valence electrons. The Morgan fingerprint density at radius 1 is 0.976 bits per heavy atom. The lowest BCUT2D eigenvalue weighted by molar-refractivity contribution is -0.152. The molecule has 4 atom stereocenters. The summed E-state index contributed by atoms with van der Waals surface area (Å²) in [5.41, 5.74) is 2.10. The fourth-order valence-electron chi connectivity index (χ4n) is 5.58. The number of amides is 2. The average Bonchev–Trinajstić information content (AvgIpc) is 3.48. The Morgan fingerprint density at radius 2 is 1.64 bits per heavy atom. The number of carbonyl (C=O) groups is 3. The van der Waals surface area contributed by atoms with Gasteiger partial charge in [-0.3, -0.25) is 14.4 Å². The molecule has 1 aliphatic heterocycles. The van der Waals surface area contributed by atoms with Crippen molar-refractivity contribution >= 4 is 17.8 Å². The number of likely N-dealkylation sites (tertiary alicyclic amines) is 1. The first-order chi connectivity index (χ1) is 20.4. The maximum atomic E-state index is 13.6. The van der Waals surface area contributed by atoms with Crippen LogP contribution >= 0.6 is 0 Å². The highest BCUT2D eigenvalue weighted by atomic mass is 16.5. The third-order valence-corrected chi connectivity index (χ3v) is 7.84. The van der Waals surface area contributed by atoms with E-state index in [2.05, 4.69) is 18.5 Å². The van der Waals surface area contributed by atoms with Crippen molar-refractivity contribution in [2.75, 3.05) is 19.8 Å². The Kier molecular flexibility index (Phi) is 14.0. The van der Waals surface area contributed by atoms with Crippen molar-refractivity contribution in [3.8, 4) is 0 Å². The maximum absolute atomic E-state index is 13.6. The van der Waals surface area contributed by atoms with Gasteiger partial charge in [0.2, 0.25) is 11.8 Å². The number of nitrogens with zero attached hydrogens (tertiary/aromatic N) is 1. The minimum absolute atomic E-state index is 0.00159.